The molecular weight excluding hydrogens is 204 g/mol. The maximum Gasteiger partial charge on any atom is 0.250 e. The highest BCUT2D eigenvalue weighted by Gasteiger charge is 2.13. The maximum atomic E-state index is 11.4. The second-order valence-corrected chi connectivity index (χ2v) is 4.10. The van der Waals surface area contributed by atoms with Crippen molar-refractivity contribution in [3.8, 4) is 0 Å². The van der Waals surface area contributed by atoms with E-state index in [1.54, 1.807) is 22.9 Å². The molecule has 4 nitrogen and oxygen atoms in total. The Morgan fingerprint density at radius 1 is 1.50 bits per heavy atom. The molecule has 0 bridgehead atoms. The van der Waals surface area contributed by atoms with E-state index in [1.807, 2.05) is 6.07 Å². The molecule has 1 N–H and O–H groups in total. The minimum atomic E-state index is 0.0325. The van der Waals surface area contributed by atoms with Gasteiger partial charge >= 0.3 is 0 Å². The van der Waals surface area contributed by atoms with Crippen molar-refractivity contribution in [2.75, 3.05) is 19.8 Å². The third-order valence-corrected chi connectivity index (χ3v) is 2.86. The molecule has 0 radical (unpaired) electrons. The topological polar surface area (TPSA) is 43.3 Å². The van der Waals surface area contributed by atoms with Crippen LogP contribution < -0.4 is 10.9 Å². The van der Waals surface area contributed by atoms with Gasteiger partial charge in [-0.2, -0.15) is 0 Å². The molecule has 1 unspecified atom stereocenters. The standard InChI is InChI=1S/C12H18N2O2/c15-12-5-1-2-7-14(12)8-9-16-10-11-4-3-6-13-11/h1-2,5,7,11,13H,3-4,6,8-10H2. The summed E-state index contributed by atoms with van der Waals surface area (Å²) in [6, 6.07) is 5.69. The molecule has 88 valence electrons. The van der Waals surface area contributed by atoms with Gasteiger partial charge in [0, 0.05) is 24.8 Å². The van der Waals surface area contributed by atoms with Crippen molar-refractivity contribution in [2.24, 2.45) is 0 Å². The first-order valence-electron chi connectivity index (χ1n) is 5.83. The Morgan fingerprint density at radius 3 is 3.19 bits per heavy atom. The largest absolute Gasteiger partial charge is 0.378 e. The molecule has 1 aliphatic heterocycles. The quantitative estimate of drug-likeness (QED) is 0.743. The molecule has 0 aliphatic carbocycles. The summed E-state index contributed by atoms with van der Waals surface area (Å²) < 4.78 is 7.22. The van der Waals surface area contributed by atoms with Gasteiger partial charge in [0.1, 0.15) is 0 Å². The Kier molecular flexibility index (Phi) is 4.13. The van der Waals surface area contributed by atoms with E-state index in [0.717, 1.165) is 13.2 Å². The number of aromatic nitrogens is 1. The van der Waals surface area contributed by atoms with Crippen molar-refractivity contribution in [1.82, 2.24) is 9.88 Å². The molecular formula is C12H18N2O2. The summed E-state index contributed by atoms with van der Waals surface area (Å²) in [6.07, 6.45) is 4.23. The molecule has 16 heavy (non-hydrogen) atoms. The Morgan fingerprint density at radius 2 is 2.44 bits per heavy atom. The zero-order valence-corrected chi connectivity index (χ0v) is 9.39. The molecule has 0 saturated carbocycles. The predicted molar refractivity (Wildman–Crippen MR) is 62.5 cm³/mol. The van der Waals surface area contributed by atoms with Crippen molar-refractivity contribution in [1.29, 1.82) is 0 Å². The van der Waals surface area contributed by atoms with E-state index >= 15 is 0 Å². The van der Waals surface area contributed by atoms with E-state index in [9.17, 15) is 4.79 Å². The summed E-state index contributed by atoms with van der Waals surface area (Å²) in [7, 11) is 0. The molecule has 0 aromatic carbocycles. The number of nitrogens with zero attached hydrogens (tertiary/aromatic N) is 1. The lowest BCUT2D eigenvalue weighted by atomic mass is 10.2. The SMILES string of the molecule is O=c1ccccn1CCOCC1CCCN1. The van der Waals surface area contributed by atoms with Crippen molar-refractivity contribution in [2.45, 2.75) is 25.4 Å². The lowest BCUT2D eigenvalue weighted by Crippen LogP contribution is -2.28. The minimum Gasteiger partial charge on any atom is -0.378 e. The monoisotopic (exact) mass is 222 g/mol. The van der Waals surface area contributed by atoms with Gasteiger partial charge in [0.05, 0.1) is 13.2 Å². The Balaban J connectivity index is 1.68. The van der Waals surface area contributed by atoms with Gasteiger partial charge in [-0.15, -0.1) is 0 Å². The van der Waals surface area contributed by atoms with E-state index in [-0.39, 0.29) is 5.56 Å². The molecule has 1 atom stereocenters. The zero-order valence-electron chi connectivity index (χ0n) is 9.39. The van der Waals surface area contributed by atoms with Crippen LogP contribution in [0.5, 0.6) is 0 Å². The van der Waals surface area contributed by atoms with Crippen LogP contribution in [0.25, 0.3) is 0 Å². The highest BCUT2D eigenvalue weighted by atomic mass is 16.5. The normalized spacial score (nSPS) is 20.1. The first-order valence-corrected chi connectivity index (χ1v) is 5.83. The van der Waals surface area contributed by atoms with Gasteiger partial charge in [-0.3, -0.25) is 4.79 Å². The van der Waals surface area contributed by atoms with Gasteiger partial charge in [0.25, 0.3) is 5.56 Å². The molecule has 1 fully saturated rings. The first kappa shape index (κ1) is 11.4. The van der Waals surface area contributed by atoms with Crippen molar-refractivity contribution < 1.29 is 4.74 Å². The predicted octanol–water partition coefficient (Wildman–Crippen LogP) is 0.617. The fourth-order valence-electron chi connectivity index (χ4n) is 1.93. The van der Waals surface area contributed by atoms with Crippen LogP contribution in [0, 0.1) is 0 Å². The number of rotatable bonds is 5. The van der Waals surface area contributed by atoms with Gasteiger partial charge < -0.3 is 14.6 Å². The van der Waals surface area contributed by atoms with Crippen molar-refractivity contribution >= 4 is 0 Å². The van der Waals surface area contributed by atoms with Crippen LogP contribution >= 0.6 is 0 Å². The average molecular weight is 222 g/mol. The Hall–Kier alpha value is -1.13. The van der Waals surface area contributed by atoms with Crippen molar-refractivity contribution in [3.05, 3.63) is 34.7 Å². The molecule has 4 heteroatoms. The number of hydrogen-bond donors (Lipinski definition) is 1. The van der Waals surface area contributed by atoms with Crippen LogP contribution in [0.3, 0.4) is 0 Å². The van der Waals surface area contributed by atoms with E-state index in [0.29, 0.717) is 19.2 Å². The summed E-state index contributed by atoms with van der Waals surface area (Å²) in [6.45, 7) is 3.09. The van der Waals surface area contributed by atoms with Gasteiger partial charge in [0.15, 0.2) is 0 Å². The van der Waals surface area contributed by atoms with Crippen LogP contribution in [0.1, 0.15) is 12.8 Å². The van der Waals surface area contributed by atoms with Gasteiger partial charge in [0.2, 0.25) is 0 Å². The van der Waals surface area contributed by atoms with Gasteiger partial charge in [-0.1, -0.05) is 6.07 Å². The number of hydrogen-bond acceptors (Lipinski definition) is 3. The average Bonchev–Trinajstić information content (AvgIpc) is 2.79. The van der Waals surface area contributed by atoms with Crippen molar-refractivity contribution in [3.63, 3.8) is 0 Å². The Bertz CT molecular complexity index is 369. The van der Waals surface area contributed by atoms with E-state index in [1.165, 1.54) is 12.8 Å². The second kappa shape index (κ2) is 5.82. The lowest BCUT2D eigenvalue weighted by Gasteiger charge is -2.11. The molecule has 1 aromatic heterocycles. The number of nitrogens with one attached hydrogen (secondary N) is 1. The molecule has 2 heterocycles. The molecule has 1 aliphatic rings. The highest BCUT2D eigenvalue weighted by molar-refractivity contribution is 4.92. The second-order valence-electron chi connectivity index (χ2n) is 4.10. The molecule has 1 saturated heterocycles. The Labute approximate surface area is 95.2 Å². The van der Waals surface area contributed by atoms with Gasteiger partial charge in [-0.25, -0.2) is 0 Å². The fraction of sp³-hybridized carbons (Fsp3) is 0.583. The molecule has 2 rings (SSSR count). The summed E-state index contributed by atoms with van der Waals surface area (Å²) in [5.41, 5.74) is 0.0325. The summed E-state index contributed by atoms with van der Waals surface area (Å²) in [5, 5.41) is 3.37. The summed E-state index contributed by atoms with van der Waals surface area (Å²) in [4.78, 5) is 11.4. The minimum absolute atomic E-state index is 0.0325. The third-order valence-electron chi connectivity index (χ3n) is 2.86. The van der Waals surface area contributed by atoms with Crippen LogP contribution in [0.15, 0.2) is 29.2 Å². The summed E-state index contributed by atoms with van der Waals surface area (Å²) >= 11 is 0. The number of pyridine rings is 1. The van der Waals surface area contributed by atoms with E-state index in [2.05, 4.69) is 5.32 Å². The molecule has 0 amide bonds. The van der Waals surface area contributed by atoms with Gasteiger partial charge in [-0.05, 0) is 25.5 Å². The molecule has 1 aromatic rings. The van der Waals surface area contributed by atoms with Crippen LogP contribution in [0.2, 0.25) is 0 Å². The van der Waals surface area contributed by atoms with Crippen LogP contribution in [0.4, 0.5) is 0 Å². The third kappa shape index (κ3) is 3.18. The zero-order chi connectivity index (χ0) is 11.2. The van der Waals surface area contributed by atoms with E-state index in [4.69, 9.17) is 4.74 Å². The lowest BCUT2D eigenvalue weighted by molar-refractivity contribution is 0.108. The number of ether oxygens (including phenoxy) is 1. The van der Waals surface area contributed by atoms with E-state index < -0.39 is 0 Å². The highest BCUT2D eigenvalue weighted by Crippen LogP contribution is 2.04. The van der Waals surface area contributed by atoms with Crippen LogP contribution in [-0.4, -0.2) is 30.4 Å². The maximum absolute atomic E-state index is 11.4. The first-order chi connectivity index (χ1) is 7.86. The summed E-state index contributed by atoms with van der Waals surface area (Å²) in [5.74, 6) is 0. The van der Waals surface area contributed by atoms with Crippen LogP contribution in [-0.2, 0) is 11.3 Å². The fourth-order valence-corrected chi connectivity index (χ4v) is 1.93. The smallest absolute Gasteiger partial charge is 0.250 e. The molecule has 0 spiro atoms.